The molecule has 2 N–H and O–H groups in total. The number of rotatable bonds is 9. The molecule has 0 bridgehead atoms. The highest BCUT2D eigenvalue weighted by Gasteiger charge is 2.26. The molecule has 0 heterocycles. The Balaban J connectivity index is 1.55. The summed E-state index contributed by atoms with van der Waals surface area (Å²) in [6.45, 7) is 6.13. The summed E-state index contributed by atoms with van der Waals surface area (Å²) in [6, 6.07) is 27.9. The van der Waals surface area contributed by atoms with E-state index in [9.17, 15) is 18.0 Å². The minimum Gasteiger partial charge on any atom is -0.467 e. The highest BCUT2D eigenvalue weighted by molar-refractivity contribution is 9.10. The molecule has 0 aliphatic heterocycles. The monoisotopic (exact) mass is 648 g/mol. The van der Waals surface area contributed by atoms with Gasteiger partial charge in [0.2, 0.25) is 0 Å². The number of amides is 1. The van der Waals surface area contributed by atoms with Gasteiger partial charge in [-0.05, 0) is 58.0 Å². The molecule has 0 saturated carbocycles. The molecule has 4 aromatic carbocycles. The van der Waals surface area contributed by atoms with Gasteiger partial charge in [-0.1, -0.05) is 103 Å². The van der Waals surface area contributed by atoms with Crippen molar-refractivity contribution in [1.29, 1.82) is 0 Å². The third-order valence-corrected chi connectivity index (χ3v) is 8.67. The first kappa shape index (κ1) is 31.0. The molecule has 0 aromatic heterocycles. The van der Waals surface area contributed by atoms with Crippen molar-refractivity contribution >= 4 is 43.5 Å². The van der Waals surface area contributed by atoms with Crippen LogP contribution >= 0.6 is 15.9 Å². The van der Waals surface area contributed by atoms with E-state index in [-0.39, 0.29) is 28.0 Å². The van der Waals surface area contributed by atoms with Crippen molar-refractivity contribution < 1.29 is 22.7 Å². The van der Waals surface area contributed by atoms with Crippen LogP contribution in [0.5, 0.6) is 0 Å². The Labute approximate surface area is 255 Å². The second-order valence-electron chi connectivity index (χ2n) is 10.9. The van der Waals surface area contributed by atoms with Gasteiger partial charge in [-0.3, -0.25) is 9.52 Å². The Morgan fingerprint density at radius 1 is 0.857 bits per heavy atom. The lowest BCUT2D eigenvalue weighted by Crippen LogP contribution is -2.43. The molecular weight excluding hydrogens is 616 g/mol. The van der Waals surface area contributed by atoms with Crippen molar-refractivity contribution in [2.75, 3.05) is 11.8 Å². The first-order chi connectivity index (χ1) is 19.9. The third kappa shape index (κ3) is 7.66. The second kappa shape index (κ2) is 12.9. The van der Waals surface area contributed by atoms with E-state index in [1.165, 1.54) is 31.4 Å². The van der Waals surface area contributed by atoms with E-state index in [1.807, 2.05) is 75.4 Å². The Bertz CT molecular complexity index is 1660. The Morgan fingerprint density at radius 3 is 2.07 bits per heavy atom. The molecule has 1 amide bonds. The molecule has 0 aliphatic rings. The molecule has 218 valence electrons. The van der Waals surface area contributed by atoms with E-state index >= 15 is 0 Å². The lowest BCUT2D eigenvalue weighted by molar-refractivity contribution is -0.142. The van der Waals surface area contributed by atoms with Crippen LogP contribution in [-0.2, 0) is 31.4 Å². The van der Waals surface area contributed by atoms with Crippen molar-refractivity contribution in [1.82, 2.24) is 5.32 Å². The summed E-state index contributed by atoms with van der Waals surface area (Å²) in [5.41, 5.74) is 3.90. The molecule has 7 nitrogen and oxygen atoms in total. The summed E-state index contributed by atoms with van der Waals surface area (Å²) in [6.07, 6.45) is 0.183. The van der Waals surface area contributed by atoms with E-state index in [0.29, 0.717) is 4.47 Å². The zero-order chi connectivity index (χ0) is 30.5. The van der Waals surface area contributed by atoms with Crippen LogP contribution in [-0.4, -0.2) is 33.4 Å². The van der Waals surface area contributed by atoms with Crippen molar-refractivity contribution in [3.63, 3.8) is 0 Å². The van der Waals surface area contributed by atoms with Gasteiger partial charge in [0.05, 0.1) is 23.3 Å². The van der Waals surface area contributed by atoms with Crippen molar-refractivity contribution in [3.05, 3.63) is 118 Å². The van der Waals surface area contributed by atoms with Gasteiger partial charge in [0.25, 0.3) is 15.9 Å². The van der Waals surface area contributed by atoms with Gasteiger partial charge in [0.1, 0.15) is 6.04 Å². The second-order valence-corrected chi connectivity index (χ2v) is 13.5. The number of hydrogen-bond acceptors (Lipinski definition) is 5. The summed E-state index contributed by atoms with van der Waals surface area (Å²) < 4.78 is 34.5. The van der Waals surface area contributed by atoms with Gasteiger partial charge < -0.3 is 10.1 Å². The molecule has 0 saturated heterocycles. The van der Waals surface area contributed by atoms with Crippen molar-refractivity contribution in [2.24, 2.45) is 0 Å². The number of nitrogens with one attached hydrogen (secondary N) is 2. The van der Waals surface area contributed by atoms with Crippen LogP contribution < -0.4 is 10.0 Å². The number of carbonyl (C=O) groups excluding carboxylic acids is 2. The van der Waals surface area contributed by atoms with Crippen LogP contribution in [0.1, 0.15) is 42.3 Å². The summed E-state index contributed by atoms with van der Waals surface area (Å²) in [5.74, 6) is -1.25. The number of esters is 1. The predicted octanol–water partition coefficient (Wildman–Crippen LogP) is 6.73. The molecule has 1 atom stereocenters. The lowest BCUT2D eigenvalue weighted by Gasteiger charge is -2.20. The van der Waals surface area contributed by atoms with E-state index in [0.717, 1.165) is 22.3 Å². The third-order valence-electron chi connectivity index (χ3n) is 6.79. The normalized spacial score (nSPS) is 12.3. The molecule has 9 heteroatoms. The fraction of sp³-hybridized carbons (Fsp3) is 0.212. The average molecular weight is 650 g/mol. The fourth-order valence-corrected chi connectivity index (χ4v) is 5.84. The Morgan fingerprint density at radius 2 is 1.48 bits per heavy atom. The predicted molar refractivity (Wildman–Crippen MR) is 169 cm³/mol. The first-order valence-corrected chi connectivity index (χ1v) is 15.6. The zero-order valence-corrected chi connectivity index (χ0v) is 26.3. The summed E-state index contributed by atoms with van der Waals surface area (Å²) in [7, 11) is -2.75. The summed E-state index contributed by atoms with van der Waals surface area (Å²) in [5, 5.41) is 2.73. The first-order valence-electron chi connectivity index (χ1n) is 13.3. The minimum absolute atomic E-state index is 0.0487. The quantitative estimate of drug-likeness (QED) is 0.196. The highest BCUT2D eigenvalue weighted by Crippen LogP contribution is 2.27. The standard InChI is InChI=1S/C33H33BrN2O5S/c1-33(2,3)25-14-17-27(18-15-25)42(39,40)36-29-19-16-26(34)21-28(29)31(37)35-30(32(38)41-4)20-22-10-12-24(13-11-22)23-8-6-5-7-9-23/h5-19,21,30,36H,20H2,1-4H3,(H,35,37)/t30-/m1/s1. The van der Waals surface area contributed by atoms with Gasteiger partial charge in [0, 0.05) is 10.9 Å². The van der Waals surface area contributed by atoms with E-state index < -0.39 is 27.9 Å². The van der Waals surface area contributed by atoms with E-state index in [4.69, 9.17) is 4.74 Å². The largest absolute Gasteiger partial charge is 0.467 e. The highest BCUT2D eigenvalue weighted by atomic mass is 79.9. The molecule has 0 radical (unpaired) electrons. The van der Waals surface area contributed by atoms with Crippen LogP contribution in [0.2, 0.25) is 0 Å². The maximum Gasteiger partial charge on any atom is 0.328 e. The number of benzene rings is 4. The summed E-state index contributed by atoms with van der Waals surface area (Å²) >= 11 is 3.36. The van der Waals surface area contributed by atoms with Gasteiger partial charge in [0.15, 0.2) is 0 Å². The van der Waals surface area contributed by atoms with Crippen LogP contribution in [0.4, 0.5) is 5.69 Å². The number of ether oxygens (including phenoxy) is 1. The smallest absolute Gasteiger partial charge is 0.328 e. The van der Waals surface area contributed by atoms with Gasteiger partial charge in [-0.15, -0.1) is 0 Å². The van der Waals surface area contributed by atoms with E-state index in [1.54, 1.807) is 18.2 Å². The Hall–Kier alpha value is -3.95. The molecule has 0 fully saturated rings. The van der Waals surface area contributed by atoms with Crippen LogP contribution in [0.15, 0.2) is 106 Å². The van der Waals surface area contributed by atoms with Gasteiger partial charge in [-0.25, -0.2) is 13.2 Å². The molecule has 4 aromatic rings. The number of sulfonamides is 1. The Kier molecular flexibility index (Phi) is 9.53. The SMILES string of the molecule is COC(=O)[C@@H](Cc1ccc(-c2ccccc2)cc1)NC(=O)c1cc(Br)ccc1NS(=O)(=O)c1ccc(C(C)(C)C)cc1. The minimum atomic E-state index is -4.01. The van der Waals surface area contributed by atoms with Crippen molar-refractivity contribution in [2.45, 2.75) is 43.5 Å². The maximum absolute atomic E-state index is 13.5. The van der Waals surface area contributed by atoms with E-state index in [2.05, 4.69) is 26.0 Å². The van der Waals surface area contributed by atoms with Crippen LogP contribution in [0.25, 0.3) is 11.1 Å². The molecule has 0 aliphatic carbocycles. The summed E-state index contributed by atoms with van der Waals surface area (Å²) in [4.78, 5) is 26.2. The topological polar surface area (TPSA) is 102 Å². The molecule has 0 unspecified atom stereocenters. The fourth-order valence-electron chi connectivity index (χ4n) is 4.40. The maximum atomic E-state index is 13.5. The van der Waals surface area contributed by atoms with Crippen LogP contribution in [0, 0.1) is 0 Å². The molecule has 42 heavy (non-hydrogen) atoms. The number of hydrogen-bond donors (Lipinski definition) is 2. The number of methoxy groups -OCH3 is 1. The number of halogens is 1. The molecular formula is C33H33BrN2O5S. The van der Waals surface area contributed by atoms with Gasteiger partial charge in [-0.2, -0.15) is 0 Å². The van der Waals surface area contributed by atoms with Gasteiger partial charge >= 0.3 is 5.97 Å². The number of carbonyl (C=O) groups is 2. The molecule has 4 rings (SSSR count). The molecule has 0 spiro atoms. The number of anilines is 1. The van der Waals surface area contributed by atoms with Crippen molar-refractivity contribution in [3.8, 4) is 11.1 Å². The zero-order valence-electron chi connectivity index (χ0n) is 23.8. The lowest BCUT2D eigenvalue weighted by atomic mass is 9.87. The average Bonchev–Trinajstić information content (AvgIpc) is 2.97. The van der Waals surface area contributed by atoms with Crippen LogP contribution in [0.3, 0.4) is 0 Å².